The maximum Gasteiger partial charge on any atom is 0.274 e. The van der Waals surface area contributed by atoms with Crippen LogP contribution < -0.4 is 21.7 Å². The van der Waals surface area contributed by atoms with Gasteiger partial charge in [-0.3, -0.25) is 14.4 Å². The van der Waals surface area contributed by atoms with Gasteiger partial charge < -0.3 is 26.6 Å². The van der Waals surface area contributed by atoms with E-state index < -0.39 is 17.7 Å². The molecule has 0 aliphatic rings. The molecule has 4 aromatic rings. The maximum atomic E-state index is 13.4. The molecule has 198 valence electrons. The summed E-state index contributed by atoms with van der Waals surface area (Å²) < 4.78 is 0. The first-order valence-corrected chi connectivity index (χ1v) is 12.2. The topological polar surface area (TPSA) is 142 Å². The quantitative estimate of drug-likeness (QED) is 0.248. The Balaban J connectivity index is 1.59. The highest BCUT2D eigenvalue weighted by Crippen LogP contribution is 2.21. The fraction of sp³-hybridized carbons (Fsp3) is 0.138. The number of hydrogen-bond acceptors (Lipinski definition) is 7. The van der Waals surface area contributed by atoms with Gasteiger partial charge in [0.15, 0.2) is 5.82 Å². The Bertz CT molecular complexity index is 1490. The number of para-hydroxylation sites is 1. The van der Waals surface area contributed by atoms with Crippen molar-refractivity contribution < 1.29 is 14.4 Å². The van der Waals surface area contributed by atoms with Crippen LogP contribution in [0.15, 0.2) is 84.9 Å². The van der Waals surface area contributed by atoms with E-state index in [0.717, 1.165) is 12.1 Å². The van der Waals surface area contributed by atoms with Crippen LogP contribution in [0.5, 0.6) is 0 Å². The average molecular weight is 524 g/mol. The SMILES string of the molecule is CN(C)CCNc1cc(C(=O)Nc2ccccc2C(=O)Nc2cccc(C(N)=O)c2)nc(-c2ccccc2)n1. The number of nitrogens with zero attached hydrogens (tertiary/aromatic N) is 3. The van der Waals surface area contributed by atoms with Crippen LogP contribution in [0.1, 0.15) is 31.2 Å². The van der Waals surface area contributed by atoms with Crippen LogP contribution >= 0.6 is 0 Å². The van der Waals surface area contributed by atoms with Crippen LogP contribution in [0.4, 0.5) is 17.2 Å². The first-order valence-electron chi connectivity index (χ1n) is 12.2. The molecule has 0 saturated carbocycles. The number of likely N-dealkylation sites (N-methyl/N-ethyl adjacent to an activating group) is 1. The monoisotopic (exact) mass is 523 g/mol. The lowest BCUT2D eigenvalue weighted by Crippen LogP contribution is -2.22. The van der Waals surface area contributed by atoms with E-state index in [4.69, 9.17) is 5.73 Å². The first kappa shape index (κ1) is 27.0. The maximum absolute atomic E-state index is 13.4. The van der Waals surface area contributed by atoms with E-state index in [1.165, 1.54) is 6.07 Å². The summed E-state index contributed by atoms with van der Waals surface area (Å²) in [6.45, 7) is 1.40. The van der Waals surface area contributed by atoms with E-state index in [9.17, 15) is 14.4 Å². The Labute approximate surface area is 226 Å². The second-order valence-electron chi connectivity index (χ2n) is 8.96. The third-order valence-electron chi connectivity index (χ3n) is 5.68. The summed E-state index contributed by atoms with van der Waals surface area (Å²) in [6, 6.07) is 23.9. The van der Waals surface area contributed by atoms with Gasteiger partial charge in [-0.25, -0.2) is 9.97 Å². The Hall–Kier alpha value is -5.09. The average Bonchev–Trinajstić information content (AvgIpc) is 2.93. The van der Waals surface area contributed by atoms with Crippen molar-refractivity contribution in [1.82, 2.24) is 14.9 Å². The van der Waals surface area contributed by atoms with Gasteiger partial charge in [0.1, 0.15) is 11.5 Å². The van der Waals surface area contributed by atoms with Gasteiger partial charge in [0.05, 0.1) is 11.3 Å². The Kier molecular flexibility index (Phi) is 8.60. The number of hydrogen-bond donors (Lipinski definition) is 4. The number of anilines is 3. The van der Waals surface area contributed by atoms with Crippen molar-refractivity contribution in [3.05, 3.63) is 102 Å². The fourth-order valence-corrected chi connectivity index (χ4v) is 3.70. The molecule has 1 aromatic heterocycles. The molecule has 0 atom stereocenters. The van der Waals surface area contributed by atoms with Crippen LogP contribution in [-0.2, 0) is 0 Å². The summed E-state index contributed by atoms with van der Waals surface area (Å²) in [6.07, 6.45) is 0. The van der Waals surface area contributed by atoms with Gasteiger partial charge in [-0.2, -0.15) is 0 Å². The number of benzene rings is 3. The summed E-state index contributed by atoms with van der Waals surface area (Å²) in [7, 11) is 3.94. The number of primary amides is 1. The van der Waals surface area contributed by atoms with Gasteiger partial charge in [0.25, 0.3) is 11.8 Å². The number of amides is 3. The Morgan fingerprint density at radius 2 is 1.56 bits per heavy atom. The third kappa shape index (κ3) is 7.24. The van der Waals surface area contributed by atoms with Gasteiger partial charge in [-0.1, -0.05) is 48.5 Å². The Morgan fingerprint density at radius 1 is 0.821 bits per heavy atom. The minimum absolute atomic E-state index is 0.139. The van der Waals surface area contributed by atoms with E-state index in [1.54, 1.807) is 48.5 Å². The molecule has 39 heavy (non-hydrogen) atoms. The van der Waals surface area contributed by atoms with Crippen LogP contribution in [0.25, 0.3) is 11.4 Å². The summed E-state index contributed by atoms with van der Waals surface area (Å²) in [5.74, 6) is -0.659. The highest BCUT2D eigenvalue weighted by atomic mass is 16.2. The van der Waals surface area contributed by atoms with Gasteiger partial charge in [0.2, 0.25) is 5.91 Å². The molecule has 10 nitrogen and oxygen atoms in total. The van der Waals surface area contributed by atoms with Gasteiger partial charge in [-0.05, 0) is 44.4 Å². The molecule has 0 saturated heterocycles. The molecule has 0 aliphatic heterocycles. The van der Waals surface area contributed by atoms with E-state index in [-0.39, 0.29) is 16.8 Å². The molecule has 3 amide bonds. The van der Waals surface area contributed by atoms with Crippen LogP contribution in [0.2, 0.25) is 0 Å². The molecule has 0 aliphatic carbocycles. The summed E-state index contributed by atoms with van der Waals surface area (Å²) in [4.78, 5) is 49.0. The van der Waals surface area contributed by atoms with Gasteiger partial charge in [-0.15, -0.1) is 0 Å². The molecule has 10 heteroatoms. The number of nitrogens with one attached hydrogen (secondary N) is 3. The van der Waals surface area contributed by atoms with Gasteiger partial charge in [0, 0.05) is 36.0 Å². The predicted octanol–water partition coefficient (Wildman–Crippen LogP) is 3.72. The van der Waals surface area contributed by atoms with Crippen LogP contribution in [0, 0.1) is 0 Å². The Morgan fingerprint density at radius 3 is 2.31 bits per heavy atom. The summed E-state index contributed by atoms with van der Waals surface area (Å²) in [5.41, 5.74) is 7.44. The summed E-state index contributed by atoms with van der Waals surface area (Å²) >= 11 is 0. The third-order valence-corrected chi connectivity index (χ3v) is 5.68. The number of aromatic nitrogens is 2. The highest BCUT2D eigenvalue weighted by Gasteiger charge is 2.18. The number of nitrogens with two attached hydrogens (primary N) is 1. The first-order chi connectivity index (χ1) is 18.8. The lowest BCUT2D eigenvalue weighted by Gasteiger charge is -2.14. The van der Waals surface area contributed by atoms with Crippen molar-refractivity contribution in [1.29, 1.82) is 0 Å². The predicted molar refractivity (Wildman–Crippen MR) is 152 cm³/mol. The van der Waals surface area contributed by atoms with E-state index in [1.807, 2.05) is 49.3 Å². The molecule has 0 radical (unpaired) electrons. The van der Waals surface area contributed by atoms with Crippen LogP contribution in [-0.4, -0.2) is 59.8 Å². The van der Waals surface area contributed by atoms with Crippen molar-refractivity contribution in [3.63, 3.8) is 0 Å². The molecule has 5 N–H and O–H groups in total. The minimum Gasteiger partial charge on any atom is -0.369 e. The highest BCUT2D eigenvalue weighted by molar-refractivity contribution is 6.12. The van der Waals surface area contributed by atoms with Crippen molar-refractivity contribution in [2.75, 3.05) is 43.1 Å². The van der Waals surface area contributed by atoms with E-state index >= 15 is 0 Å². The second kappa shape index (κ2) is 12.4. The van der Waals surface area contributed by atoms with Gasteiger partial charge >= 0.3 is 0 Å². The largest absolute Gasteiger partial charge is 0.369 e. The minimum atomic E-state index is -0.603. The number of rotatable bonds is 10. The number of carbonyl (C=O) groups excluding carboxylic acids is 3. The zero-order chi connectivity index (χ0) is 27.8. The van der Waals surface area contributed by atoms with Crippen molar-refractivity contribution >= 4 is 34.9 Å². The molecule has 0 bridgehead atoms. The van der Waals surface area contributed by atoms with Crippen molar-refractivity contribution in [3.8, 4) is 11.4 Å². The molecule has 1 heterocycles. The molecule has 0 spiro atoms. The normalized spacial score (nSPS) is 10.6. The second-order valence-corrected chi connectivity index (χ2v) is 8.96. The van der Waals surface area contributed by atoms with E-state index in [2.05, 4.69) is 25.9 Å². The molecule has 0 fully saturated rings. The summed E-state index contributed by atoms with van der Waals surface area (Å²) in [5, 5.41) is 8.79. The van der Waals surface area contributed by atoms with Crippen LogP contribution in [0.3, 0.4) is 0 Å². The molecule has 4 rings (SSSR count). The zero-order valence-corrected chi connectivity index (χ0v) is 21.6. The smallest absolute Gasteiger partial charge is 0.274 e. The molecular weight excluding hydrogens is 494 g/mol. The number of carbonyl (C=O) groups is 3. The molecular formula is C29H29N7O3. The lowest BCUT2D eigenvalue weighted by atomic mass is 10.1. The van der Waals surface area contributed by atoms with Crippen molar-refractivity contribution in [2.24, 2.45) is 5.73 Å². The zero-order valence-electron chi connectivity index (χ0n) is 21.6. The molecule has 3 aromatic carbocycles. The molecule has 0 unspecified atom stereocenters. The van der Waals surface area contributed by atoms with Crippen molar-refractivity contribution in [2.45, 2.75) is 0 Å². The standard InChI is InChI=1S/C29H29N7O3/c1-36(2)16-15-31-25-18-24(33-27(35-25)19-9-4-3-5-10-19)29(39)34-23-14-7-6-13-22(23)28(38)32-21-12-8-11-20(17-21)26(30)37/h3-14,17-18H,15-16H2,1-2H3,(H2,30,37)(H,32,38)(H,34,39)(H,31,33,35). The fourth-order valence-electron chi connectivity index (χ4n) is 3.70. The van der Waals surface area contributed by atoms with E-state index in [0.29, 0.717) is 29.6 Å². The lowest BCUT2D eigenvalue weighted by molar-refractivity contribution is 0.0994.